The molecule has 0 aliphatic carbocycles. The quantitative estimate of drug-likeness (QED) is 0.410. The van der Waals surface area contributed by atoms with Gasteiger partial charge in [0, 0.05) is 4.90 Å². The van der Waals surface area contributed by atoms with E-state index in [9.17, 15) is 10.1 Å². The smallest absolute Gasteiger partial charge is 0.343 e. The Morgan fingerprint density at radius 3 is 2.71 bits per heavy atom. The Bertz CT molecular complexity index is 835. The molecule has 0 fully saturated rings. The summed E-state index contributed by atoms with van der Waals surface area (Å²) < 4.78 is 5.21. The lowest BCUT2D eigenvalue weighted by Crippen LogP contribution is -2.06. The highest BCUT2D eigenvalue weighted by molar-refractivity contribution is 7.99. The van der Waals surface area contributed by atoms with Crippen molar-refractivity contribution >= 4 is 23.3 Å². The van der Waals surface area contributed by atoms with Gasteiger partial charge in [0.05, 0.1) is 17.7 Å². The molecule has 7 nitrogen and oxygen atoms in total. The molecule has 0 aliphatic rings. The molecule has 2 aromatic heterocycles. The number of aromatic nitrogens is 2. The third-order valence-electron chi connectivity index (χ3n) is 3.22. The summed E-state index contributed by atoms with van der Waals surface area (Å²) >= 11 is 1.23. The van der Waals surface area contributed by atoms with Crippen LogP contribution in [-0.4, -0.2) is 14.9 Å². The fourth-order valence-corrected chi connectivity index (χ4v) is 2.90. The van der Waals surface area contributed by atoms with Gasteiger partial charge in [-0.2, -0.15) is 0 Å². The molecule has 1 aromatic carbocycles. The Morgan fingerprint density at radius 2 is 2.04 bits per heavy atom. The van der Waals surface area contributed by atoms with Crippen molar-refractivity contribution in [1.82, 2.24) is 9.97 Å². The van der Waals surface area contributed by atoms with E-state index in [0.717, 1.165) is 10.5 Å². The average Bonchev–Trinajstić information content (AvgIpc) is 3.08. The minimum Gasteiger partial charge on any atom is -0.467 e. The molecule has 0 saturated heterocycles. The van der Waals surface area contributed by atoms with Crippen molar-refractivity contribution < 1.29 is 9.34 Å². The van der Waals surface area contributed by atoms with Gasteiger partial charge in [-0.05, 0) is 31.2 Å². The van der Waals surface area contributed by atoms with Crippen LogP contribution in [-0.2, 0) is 6.54 Å². The maximum Gasteiger partial charge on any atom is 0.343 e. The summed E-state index contributed by atoms with van der Waals surface area (Å²) in [4.78, 5) is 20.0. The third kappa shape index (κ3) is 3.72. The molecular weight excluding hydrogens is 328 g/mol. The van der Waals surface area contributed by atoms with E-state index in [1.807, 2.05) is 31.2 Å². The highest BCUT2D eigenvalue weighted by atomic mass is 32.2. The van der Waals surface area contributed by atoms with Crippen LogP contribution in [0.2, 0.25) is 0 Å². The van der Waals surface area contributed by atoms with E-state index in [0.29, 0.717) is 17.3 Å². The molecule has 0 spiro atoms. The van der Waals surface area contributed by atoms with Gasteiger partial charge in [-0.1, -0.05) is 29.5 Å². The van der Waals surface area contributed by atoms with Gasteiger partial charge in [-0.3, -0.25) is 10.1 Å². The van der Waals surface area contributed by atoms with Crippen LogP contribution in [0.3, 0.4) is 0 Å². The predicted octanol–water partition coefficient (Wildman–Crippen LogP) is 4.05. The number of benzene rings is 1. The lowest BCUT2D eigenvalue weighted by Gasteiger charge is -2.07. The highest BCUT2D eigenvalue weighted by Crippen LogP contribution is 2.36. The molecule has 0 unspecified atom stereocenters. The van der Waals surface area contributed by atoms with E-state index < -0.39 is 4.92 Å². The number of rotatable bonds is 6. The second-order valence-corrected chi connectivity index (χ2v) is 6.04. The molecule has 0 aliphatic heterocycles. The Kier molecular flexibility index (Phi) is 4.76. The average molecular weight is 342 g/mol. The van der Waals surface area contributed by atoms with E-state index in [1.165, 1.54) is 18.1 Å². The molecule has 2 heterocycles. The monoisotopic (exact) mass is 342 g/mol. The molecule has 3 aromatic rings. The summed E-state index contributed by atoms with van der Waals surface area (Å²) in [5, 5.41) is 14.7. The Morgan fingerprint density at radius 1 is 1.25 bits per heavy atom. The van der Waals surface area contributed by atoms with Crippen LogP contribution in [0.25, 0.3) is 0 Å². The molecule has 0 saturated carbocycles. The molecule has 0 bridgehead atoms. The van der Waals surface area contributed by atoms with E-state index in [1.54, 1.807) is 18.4 Å². The zero-order valence-electron chi connectivity index (χ0n) is 12.8. The molecule has 24 heavy (non-hydrogen) atoms. The topological polar surface area (TPSA) is 94.1 Å². The lowest BCUT2D eigenvalue weighted by atomic mass is 10.2. The van der Waals surface area contributed by atoms with Crippen LogP contribution in [0.1, 0.15) is 11.3 Å². The van der Waals surface area contributed by atoms with Gasteiger partial charge >= 0.3 is 5.69 Å². The number of anilines is 1. The lowest BCUT2D eigenvalue weighted by molar-refractivity contribution is -0.387. The number of nitro groups is 1. The van der Waals surface area contributed by atoms with Gasteiger partial charge in [0.1, 0.15) is 12.1 Å². The first-order valence-corrected chi connectivity index (χ1v) is 7.95. The summed E-state index contributed by atoms with van der Waals surface area (Å²) in [6.07, 6.45) is 2.86. The number of nitrogens with zero attached hydrogens (tertiary/aromatic N) is 3. The number of hydrogen-bond acceptors (Lipinski definition) is 7. The molecule has 0 amide bonds. The van der Waals surface area contributed by atoms with E-state index >= 15 is 0 Å². The maximum absolute atomic E-state index is 11.5. The van der Waals surface area contributed by atoms with Crippen LogP contribution in [0.15, 0.2) is 63.3 Å². The van der Waals surface area contributed by atoms with Crippen molar-refractivity contribution in [2.75, 3.05) is 5.32 Å². The van der Waals surface area contributed by atoms with Crippen LogP contribution >= 0.6 is 11.8 Å². The van der Waals surface area contributed by atoms with Crippen LogP contribution in [0, 0.1) is 17.0 Å². The fraction of sp³-hybridized carbons (Fsp3) is 0.125. The number of hydrogen-bond donors (Lipinski definition) is 1. The summed E-state index contributed by atoms with van der Waals surface area (Å²) in [5.74, 6) is 0.830. The molecule has 0 atom stereocenters. The van der Waals surface area contributed by atoms with Gasteiger partial charge in [-0.25, -0.2) is 9.97 Å². The number of nitrogens with one attached hydrogen (secondary N) is 1. The van der Waals surface area contributed by atoms with Crippen molar-refractivity contribution in [1.29, 1.82) is 0 Å². The molecule has 1 N–H and O–H groups in total. The first-order chi connectivity index (χ1) is 11.6. The van der Waals surface area contributed by atoms with Crippen molar-refractivity contribution in [3.63, 3.8) is 0 Å². The standard InChI is InChI=1S/C16H14N4O3S/c1-11-4-6-13(7-5-11)24-16-14(20(21)22)15(18-10-19-16)17-9-12-3-2-8-23-12/h2-8,10H,9H2,1H3,(H,17,18,19). The molecule has 0 radical (unpaired) electrons. The summed E-state index contributed by atoms with van der Waals surface area (Å²) in [6, 6.07) is 11.2. The normalized spacial score (nSPS) is 10.5. The van der Waals surface area contributed by atoms with Crippen molar-refractivity contribution in [3.8, 4) is 0 Å². The Hall–Kier alpha value is -2.87. The zero-order chi connectivity index (χ0) is 16.9. The van der Waals surface area contributed by atoms with E-state index in [-0.39, 0.29) is 11.5 Å². The summed E-state index contributed by atoms with van der Waals surface area (Å²) in [5.41, 5.74) is 0.979. The highest BCUT2D eigenvalue weighted by Gasteiger charge is 2.23. The molecule has 3 rings (SSSR count). The van der Waals surface area contributed by atoms with Crippen LogP contribution < -0.4 is 5.32 Å². The van der Waals surface area contributed by atoms with Gasteiger partial charge in [0.15, 0.2) is 5.03 Å². The van der Waals surface area contributed by atoms with Gasteiger partial charge in [0.2, 0.25) is 5.82 Å². The van der Waals surface area contributed by atoms with Gasteiger partial charge < -0.3 is 9.73 Å². The maximum atomic E-state index is 11.5. The molecular formula is C16H14N4O3S. The summed E-state index contributed by atoms with van der Waals surface area (Å²) in [7, 11) is 0. The SMILES string of the molecule is Cc1ccc(Sc2ncnc(NCc3ccco3)c2[N+](=O)[O-])cc1. The molecule has 8 heteroatoms. The van der Waals surface area contributed by atoms with Crippen molar-refractivity contribution in [2.24, 2.45) is 0 Å². The number of furan rings is 1. The second-order valence-electron chi connectivity index (χ2n) is 4.98. The Labute approximate surface area is 142 Å². The number of aryl methyl sites for hydroxylation is 1. The van der Waals surface area contributed by atoms with E-state index in [2.05, 4.69) is 15.3 Å². The predicted molar refractivity (Wildman–Crippen MR) is 90.0 cm³/mol. The minimum atomic E-state index is -0.471. The minimum absolute atomic E-state index is 0.144. The van der Waals surface area contributed by atoms with Crippen molar-refractivity contribution in [3.05, 3.63) is 70.4 Å². The van der Waals surface area contributed by atoms with Gasteiger partial charge in [0.25, 0.3) is 0 Å². The first kappa shape index (κ1) is 16.0. The Balaban J connectivity index is 1.87. The van der Waals surface area contributed by atoms with Crippen LogP contribution in [0.5, 0.6) is 0 Å². The largest absolute Gasteiger partial charge is 0.467 e. The fourth-order valence-electron chi connectivity index (χ4n) is 2.03. The zero-order valence-corrected chi connectivity index (χ0v) is 13.6. The first-order valence-electron chi connectivity index (χ1n) is 7.13. The second kappa shape index (κ2) is 7.14. The van der Waals surface area contributed by atoms with Crippen molar-refractivity contribution in [2.45, 2.75) is 23.4 Å². The molecule has 122 valence electrons. The van der Waals surface area contributed by atoms with E-state index in [4.69, 9.17) is 4.42 Å². The summed E-state index contributed by atoms with van der Waals surface area (Å²) in [6.45, 7) is 2.29. The van der Waals surface area contributed by atoms with Crippen LogP contribution in [0.4, 0.5) is 11.5 Å². The van der Waals surface area contributed by atoms with Gasteiger partial charge in [-0.15, -0.1) is 0 Å². The third-order valence-corrected chi connectivity index (χ3v) is 4.22.